The van der Waals surface area contributed by atoms with Gasteiger partial charge >= 0.3 is 5.97 Å². The molecule has 11 nitrogen and oxygen atoms in total. The van der Waals surface area contributed by atoms with Crippen molar-refractivity contribution in [2.24, 2.45) is 0 Å². The zero-order valence-corrected chi connectivity index (χ0v) is 14.4. The molecule has 2 aliphatic rings. The summed E-state index contributed by atoms with van der Waals surface area (Å²) in [5.74, 6) is -2.38. The van der Waals surface area contributed by atoms with Gasteiger partial charge in [-0.2, -0.15) is 0 Å². The van der Waals surface area contributed by atoms with Crippen LogP contribution in [0.2, 0.25) is 0 Å². The van der Waals surface area contributed by atoms with Crippen molar-refractivity contribution in [1.82, 2.24) is 25.2 Å². The minimum absolute atomic E-state index is 0.00734. The molecule has 0 saturated carbocycles. The Labute approximate surface area is 142 Å². The van der Waals surface area contributed by atoms with Crippen molar-refractivity contribution in [3.63, 3.8) is 0 Å². The number of nitrogens with zero attached hydrogens (tertiary/aromatic N) is 4. The van der Waals surface area contributed by atoms with E-state index in [1.54, 1.807) is 6.92 Å². The van der Waals surface area contributed by atoms with Crippen LogP contribution in [-0.2, 0) is 26.0 Å². The average Bonchev–Trinajstić information content (AvgIpc) is 3.01. The van der Waals surface area contributed by atoms with E-state index < -0.39 is 43.8 Å². The molecule has 2 N–H and O–H groups in total. The normalized spacial score (nSPS) is 29.8. The first kappa shape index (κ1) is 17.3. The smallest absolute Gasteiger partial charge is 0.328 e. The Kier molecular flexibility index (Phi) is 3.82. The summed E-state index contributed by atoms with van der Waals surface area (Å²) in [6, 6.07) is -1.51. The second-order valence-corrected chi connectivity index (χ2v) is 8.79. The van der Waals surface area contributed by atoms with Crippen LogP contribution >= 0.6 is 0 Å². The van der Waals surface area contributed by atoms with Crippen molar-refractivity contribution in [3.8, 4) is 0 Å². The Morgan fingerprint density at radius 3 is 2.72 bits per heavy atom. The van der Waals surface area contributed by atoms with Crippen LogP contribution in [0, 0.1) is 0 Å². The maximum atomic E-state index is 12.8. The molecule has 0 unspecified atom stereocenters. The van der Waals surface area contributed by atoms with E-state index in [9.17, 15) is 27.9 Å². The Morgan fingerprint density at radius 1 is 1.48 bits per heavy atom. The molecule has 0 bridgehead atoms. The van der Waals surface area contributed by atoms with Crippen LogP contribution in [0.15, 0.2) is 6.20 Å². The van der Waals surface area contributed by atoms with Crippen LogP contribution in [0.3, 0.4) is 0 Å². The van der Waals surface area contributed by atoms with Gasteiger partial charge in [-0.25, -0.2) is 13.2 Å². The standard InChI is InChI=1S/C13H17N5O6S/c1-3-14-11(20)7-5-17(16-15-7)6-13(2)10(12(21)22)18-8(19)4-9(18)25(13,23)24/h5,9-10H,3-4,6H2,1-2H3,(H,14,20)(H,21,22)/t9-,10+,13+/m1/s1. The number of sulfone groups is 1. The van der Waals surface area contributed by atoms with Gasteiger partial charge in [0.15, 0.2) is 21.6 Å². The topological polar surface area (TPSA) is 152 Å². The number of aliphatic carboxylic acids is 1. The van der Waals surface area contributed by atoms with Gasteiger partial charge < -0.3 is 15.3 Å². The molecule has 3 atom stereocenters. The van der Waals surface area contributed by atoms with Crippen LogP contribution < -0.4 is 5.32 Å². The molecule has 0 aromatic carbocycles. The first-order valence-electron chi connectivity index (χ1n) is 7.59. The summed E-state index contributed by atoms with van der Waals surface area (Å²) in [6.45, 7) is 3.06. The fourth-order valence-corrected chi connectivity index (χ4v) is 5.70. The van der Waals surface area contributed by atoms with Crippen molar-refractivity contribution >= 4 is 27.6 Å². The van der Waals surface area contributed by atoms with Crippen LogP contribution in [-0.4, -0.2) is 73.9 Å². The van der Waals surface area contributed by atoms with Gasteiger partial charge in [0.2, 0.25) is 5.91 Å². The van der Waals surface area contributed by atoms with Crippen molar-refractivity contribution in [3.05, 3.63) is 11.9 Å². The number of amides is 2. The molecule has 1 aromatic rings. The van der Waals surface area contributed by atoms with Gasteiger partial charge in [0, 0.05) is 6.54 Å². The summed E-state index contributed by atoms with van der Waals surface area (Å²) in [7, 11) is -3.94. The van der Waals surface area contributed by atoms with E-state index in [2.05, 4.69) is 15.6 Å². The zero-order valence-electron chi connectivity index (χ0n) is 13.5. The largest absolute Gasteiger partial charge is 0.480 e. The highest BCUT2D eigenvalue weighted by atomic mass is 32.2. The number of carbonyl (C=O) groups is 3. The zero-order chi connectivity index (χ0) is 18.6. The molecule has 3 heterocycles. The number of rotatable bonds is 5. The van der Waals surface area contributed by atoms with Crippen LogP contribution in [0.25, 0.3) is 0 Å². The quantitative estimate of drug-likeness (QED) is 0.577. The molecule has 0 spiro atoms. The number of nitrogens with one attached hydrogen (secondary N) is 1. The molecule has 3 rings (SSSR count). The molecule has 0 aliphatic carbocycles. The highest BCUT2D eigenvalue weighted by molar-refractivity contribution is 7.93. The third-order valence-corrected chi connectivity index (χ3v) is 7.39. The number of carboxylic acid groups (broad SMARTS) is 1. The number of aromatic nitrogens is 3. The lowest BCUT2D eigenvalue weighted by Crippen LogP contribution is -2.58. The number of β-lactam (4-membered cyclic amide) rings is 1. The van der Waals surface area contributed by atoms with Gasteiger partial charge in [0.05, 0.1) is 19.2 Å². The number of carboxylic acids is 1. The first-order chi connectivity index (χ1) is 11.6. The van der Waals surface area contributed by atoms with Crippen LogP contribution in [0.1, 0.15) is 30.8 Å². The Bertz CT molecular complexity index is 864. The summed E-state index contributed by atoms with van der Waals surface area (Å²) in [4.78, 5) is 36.0. The van der Waals surface area contributed by atoms with Crippen LogP contribution in [0.5, 0.6) is 0 Å². The third kappa shape index (κ3) is 2.31. The number of hydrogen-bond acceptors (Lipinski definition) is 7. The molecular weight excluding hydrogens is 354 g/mol. The van der Waals surface area contributed by atoms with Crippen LogP contribution in [0.4, 0.5) is 0 Å². The Balaban J connectivity index is 1.95. The molecule has 25 heavy (non-hydrogen) atoms. The van der Waals surface area contributed by atoms with E-state index >= 15 is 0 Å². The minimum atomic E-state index is -3.94. The molecular formula is C13H17N5O6S. The second kappa shape index (κ2) is 5.51. The van der Waals surface area contributed by atoms with Gasteiger partial charge in [-0.15, -0.1) is 5.10 Å². The predicted octanol–water partition coefficient (Wildman–Crippen LogP) is -1.77. The number of hydrogen-bond donors (Lipinski definition) is 2. The highest BCUT2D eigenvalue weighted by Crippen LogP contribution is 2.46. The summed E-state index contributed by atoms with van der Waals surface area (Å²) in [5.41, 5.74) is -0.00734. The SMILES string of the molecule is CCNC(=O)c1cn(C[C@@]2(C)[C@H](C(=O)O)N3C(=O)C[C@H]3S2(=O)=O)nn1. The molecule has 0 radical (unpaired) electrons. The van der Waals surface area contributed by atoms with E-state index in [0.29, 0.717) is 6.54 Å². The Morgan fingerprint density at radius 2 is 2.16 bits per heavy atom. The van der Waals surface area contributed by atoms with Crippen molar-refractivity contribution in [2.75, 3.05) is 6.54 Å². The van der Waals surface area contributed by atoms with E-state index in [1.807, 2.05) is 0 Å². The molecule has 2 amide bonds. The highest BCUT2D eigenvalue weighted by Gasteiger charge is 2.70. The summed E-state index contributed by atoms with van der Waals surface area (Å²) < 4.78 is 24.9. The second-order valence-electron chi connectivity index (χ2n) is 6.22. The van der Waals surface area contributed by atoms with E-state index in [4.69, 9.17) is 0 Å². The van der Waals surface area contributed by atoms with Gasteiger partial charge in [0.25, 0.3) is 5.91 Å². The van der Waals surface area contributed by atoms with Gasteiger partial charge in [-0.3, -0.25) is 14.3 Å². The van der Waals surface area contributed by atoms with E-state index in [0.717, 1.165) is 9.58 Å². The summed E-state index contributed by atoms with van der Waals surface area (Å²) >= 11 is 0. The lowest BCUT2D eigenvalue weighted by atomic mass is 9.96. The fraction of sp³-hybridized carbons (Fsp3) is 0.615. The summed E-state index contributed by atoms with van der Waals surface area (Å²) in [5, 5.41) is 18.3. The van der Waals surface area contributed by atoms with Gasteiger partial charge in [-0.1, -0.05) is 5.21 Å². The first-order valence-corrected chi connectivity index (χ1v) is 9.14. The number of fused-ring (bicyclic) bond motifs is 1. The van der Waals surface area contributed by atoms with Crippen molar-refractivity contribution < 1.29 is 27.9 Å². The predicted molar refractivity (Wildman–Crippen MR) is 82.0 cm³/mol. The third-order valence-electron chi connectivity index (χ3n) is 4.63. The van der Waals surface area contributed by atoms with Gasteiger partial charge in [-0.05, 0) is 13.8 Å². The lowest BCUT2D eigenvalue weighted by Gasteiger charge is -2.35. The fourth-order valence-electron chi connectivity index (χ4n) is 3.34. The molecule has 2 saturated heterocycles. The molecule has 2 fully saturated rings. The molecule has 2 aliphatic heterocycles. The molecule has 1 aromatic heterocycles. The molecule has 136 valence electrons. The molecule has 12 heteroatoms. The Hall–Kier alpha value is -2.50. The van der Waals surface area contributed by atoms with Crippen molar-refractivity contribution in [2.45, 2.75) is 43.0 Å². The number of carbonyl (C=O) groups excluding carboxylic acids is 2. The summed E-state index contributed by atoms with van der Waals surface area (Å²) in [6.07, 6.45) is 1.03. The maximum Gasteiger partial charge on any atom is 0.328 e. The van der Waals surface area contributed by atoms with E-state index in [1.165, 1.54) is 13.1 Å². The monoisotopic (exact) mass is 371 g/mol. The average molecular weight is 371 g/mol. The maximum absolute atomic E-state index is 12.8. The van der Waals surface area contributed by atoms with E-state index in [-0.39, 0.29) is 18.7 Å². The van der Waals surface area contributed by atoms with Crippen molar-refractivity contribution in [1.29, 1.82) is 0 Å². The van der Waals surface area contributed by atoms with Gasteiger partial charge in [0.1, 0.15) is 10.1 Å². The minimum Gasteiger partial charge on any atom is -0.480 e. The lowest BCUT2D eigenvalue weighted by molar-refractivity contribution is -0.157.